The van der Waals surface area contributed by atoms with E-state index in [0.717, 1.165) is 19.5 Å². The van der Waals surface area contributed by atoms with Crippen LogP contribution in [0.5, 0.6) is 0 Å². The summed E-state index contributed by atoms with van der Waals surface area (Å²) in [5, 5.41) is 0. The fourth-order valence-corrected chi connectivity index (χ4v) is 2.61. The Bertz CT molecular complexity index is 231. The molecule has 15 heavy (non-hydrogen) atoms. The molecule has 0 N–H and O–H groups in total. The van der Waals surface area contributed by atoms with E-state index in [1.807, 2.05) is 4.90 Å². The zero-order valence-electron chi connectivity index (χ0n) is 9.55. The zero-order valence-corrected chi connectivity index (χ0v) is 9.55. The molecular formula is C11H20F2N2. The van der Waals surface area contributed by atoms with Crippen LogP contribution in [-0.4, -0.2) is 54.0 Å². The largest absolute Gasteiger partial charge is 0.299 e. The first-order valence-electron chi connectivity index (χ1n) is 5.84. The van der Waals surface area contributed by atoms with Gasteiger partial charge in [-0.15, -0.1) is 0 Å². The molecule has 4 heteroatoms. The van der Waals surface area contributed by atoms with Crippen molar-refractivity contribution in [2.75, 3.05) is 26.2 Å². The molecule has 1 unspecified atom stereocenters. The molecule has 2 nitrogen and oxygen atoms in total. The van der Waals surface area contributed by atoms with Gasteiger partial charge in [-0.2, -0.15) is 0 Å². The Kier molecular flexibility index (Phi) is 2.99. The summed E-state index contributed by atoms with van der Waals surface area (Å²) < 4.78 is 26.1. The molecule has 1 atom stereocenters. The highest BCUT2D eigenvalue weighted by molar-refractivity contribution is 4.91. The minimum absolute atomic E-state index is 0.0242. The summed E-state index contributed by atoms with van der Waals surface area (Å²) in [4.78, 5) is 4.35. The zero-order chi connectivity index (χ0) is 11.1. The molecule has 2 aliphatic rings. The molecule has 0 aromatic carbocycles. The molecule has 0 saturated carbocycles. The summed E-state index contributed by atoms with van der Waals surface area (Å²) in [6.07, 6.45) is 1.10. The molecule has 2 heterocycles. The lowest BCUT2D eigenvalue weighted by Crippen LogP contribution is -2.38. The third kappa shape index (κ3) is 2.48. The van der Waals surface area contributed by atoms with Gasteiger partial charge in [0, 0.05) is 38.1 Å². The second-order valence-electron chi connectivity index (χ2n) is 5.11. The molecule has 0 amide bonds. The van der Waals surface area contributed by atoms with Crippen LogP contribution < -0.4 is 0 Å². The molecule has 2 rings (SSSR count). The lowest BCUT2D eigenvalue weighted by molar-refractivity contribution is 0.00793. The van der Waals surface area contributed by atoms with Crippen molar-refractivity contribution in [2.45, 2.75) is 44.7 Å². The Balaban J connectivity index is 1.87. The number of nitrogens with zero attached hydrogens (tertiary/aromatic N) is 2. The Morgan fingerprint density at radius 2 is 2.00 bits per heavy atom. The third-order valence-corrected chi connectivity index (χ3v) is 3.64. The van der Waals surface area contributed by atoms with Crippen LogP contribution >= 0.6 is 0 Å². The van der Waals surface area contributed by atoms with Gasteiger partial charge in [0.05, 0.1) is 6.54 Å². The number of rotatable bonds is 2. The van der Waals surface area contributed by atoms with E-state index < -0.39 is 5.92 Å². The van der Waals surface area contributed by atoms with Crippen molar-refractivity contribution in [1.82, 2.24) is 9.80 Å². The Morgan fingerprint density at radius 1 is 1.27 bits per heavy atom. The molecule has 0 aliphatic carbocycles. The van der Waals surface area contributed by atoms with Gasteiger partial charge in [0.15, 0.2) is 0 Å². The van der Waals surface area contributed by atoms with Crippen LogP contribution in [0.3, 0.4) is 0 Å². The van der Waals surface area contributed by atoms with Crippen molar-refractivity contribution in [1.29, 1.82) is 0 Å². The number of likely N-dealkylation sites (tertiary alicyclic amines) is 2. The fourth-order valence-electron chi connectivity index (χ4n) is 2.61. The average molecular weight is 218 g/mol. The van der Waals surface area contributed by atoms with Crippen LogP contribution in [0.1, 0.15) is 26.7 Å². The van der Waals surface area contributed by atoms with Crippen LogP contribution in [0.25, 0.3) is 0 Å². The first-order valence-corrected chi connectivity index (χ1v) is 5.84. The van der Waals surface area contributed by atoms with E-state index in [9.17, 15) is 8.78 Å². The van der Waals surface area contributed by atoms with E-state index in [1.54, 1.807) is 0 Å². The third-order valence-electron chi connectivity index (χ3n) is 3.64. The Hall–Kier alpha value is -0.220. The lowest BCUT2D eigenvalue weighted by Gasteiger charge is -2.25. The van der Waals surface area contributed by atoms with Crippen LogP contribution in [-0.2, 0) is 0 Å². The molecule has 0 aromatic rings. The van der Waals surface area contributed by atoms with E-state index in [4.69, 9.17) is 0 Å². The van der Waals surface area contributed by atoms with E-state index in [0.29, 0.717) is 18.6 Å². The minimum Gasteiger partial charge on any atom is -0.299 e. The average Bonchev–Trinajstić information content (AvgIpc) is 2.70. The maximum atomic E-state index is 13.0. The van der Waals surface area contributed by atoms with Gasteiger partial charge in [-0.3, -0.25) is 9.80 Å². The molecule has 0 spiro atoms. The van der Waals surface area contributed by atoms with Gasteiger partial charge in [-0.1, -0.05) is 0 Å². The fraction of sp³-hybridized carbons (Fsp3) is 1.00. The van der Waals surface area contributed by atoms with Crippen LogP contribution in [0.15, 0.2) is 0 Å². The SMILES string of the molecule is CC(C)N1CCC(N2CCC(F)(F)C2)C1. The summed E-state index contributed by atoms with van der Waals surface area (Å²) in [5.74, 6) is -2.44. The summed E-state index contributed by atoms with van der Waals surface area (Å²) >= 11 is 0. The number of hydrogen-bond acceptors (Lipinski definition) is 2. The molecular weight excluding hydrogens is 198 g/mol. The first-order chi connectivity index (χ1) is 6.98. The monoisotopic (exact) mass is 218 g/mol. The molecule has 0 aromatic heterocycles. The van der Waals surface area contributed by atoms with Crippen LogP contribution in [0.2, 0.25) is 0 Å². The quantitative estimate of drug-likeness (QED) is 0.697. The highest BCUT2D eigenvalue weighted by Gasteiger charge is 2.42. The van der Waals surface area contributed by atoms with E-state index >= 15 is 0 Å². The van der Waals surface area contributed by atoms with Gasteiger partial charge in [-0.05, 0) is 20.3 Å². The topological polar surface area (TPSA) is 6.48 Å². The molecule has 0 bridgehead atoms. The predicted molar refractivity (Wildman–Crippen MR) is 56.3 cm³/mol. The molecule has 2 aliphatic heterocycles. The predicted octanol–water partition coefficient (Wildman–Crippen LogP) is 1.81. The molecule has 2 saturated heterocycles. The van der Waals surface area contributed by atoms with Crippen molar-refractivity contribution in [3.8, 4) is 0 Å². The highest BCUT2D eigenvalue weighted by atomic mass is 19.3. The van der Waals surface area contributed by atoms with E-state index in [-0.39, 0.29) is 13.0 Å². The maximum Gasteiger partial charge on any atom is 0.261 e. The van der Waals surface area contributed by atoms with Gasteiger partial charge in [0.2, 0.25) is 0 Å². The number of hydrogen-bond donors (Lipinski definition) is 0. The van der Waals surface area contributed by atoms with Gasteiger partial charge >= 0.3 is 0 Å². The molecule has 0 radical (unpaired) electrons. The van der Waals surface area contributed by atoms with Gasteiger partial charge < -0.3 is 0 Å². The maximum absolute atomic E-state index is 13.0. The van der Waals surface area contributed by atoms with Gasteiger partial charge in [0.25, 0.3) is 5.92 Å². The second-order valence-corrected chi connectivity index (χ2v) is 5.11. The summed E-state index contributed by atoms with van der Waals surface area (Å²) in [6, 6.07) is 0.902. The van der Waals surface area contributed by atoms with Crippen molar-refractivity contribution in [2.24, 2.45) is 0 Å². The Morgan fingerprint density at radius 3 is 2.47 bits per heavy atom. The van der Waals surface area contributed by atoms with Crippen LogP contribution in [0.4, 0.5) is 8.78 Å². The Labute approximate surface area is 90.2 Å². The molecule has 88 valence electrons. The van der Waals surface area contributed by atoms with Crippen molar-refractivity contribution in [3.05, 3.63) is 0 Å². The highest BCUT2D eigenvalue weighted by Crippen LogP contribution is 2.30. The smallest absolute Gasteiger partial charge is 0.261 e. The second kappa shape index (κ2) is 3.98. The van der Waals surface area contributed by atoms with Crippen molar-refractivity contribution < 1.29 is 8.78 Å². The molecule has 2 fully saturated rings. The van der Waals surface area contributed by atoms with Crippen molar-refractivity contribution >= 4 is 0 Å². The number of alkyl halides is 2. The summed E-state index contributed by atoms with van der Waals surface area (Å²) in [7, 11) is 0. The van der Waals surface area contributed by atoms with Gasteiger partial charge in [0.1, 0.15) is 0 Å². The standard InChI is InChI=1S/C11H20F2N2/c1-9(2)14-5-3-10(7-14)15-6-4-11(12,13)8-15/h9-10H,3-8H2,1-2H3. The summed E-state index contributed by atoms with van der Waals surface area (Å²) in [6.45, 7) is 6.91. The number of halogens is 2. The van der Waals surface area contributed by atoms with E-state index in [1.165, 1.54) is 0 Å². The first kappa shape index (κ1) is 11.3. The van der Waals surface area contributed by atoms with E-state index in [2.05, 4.69) is 18.7 Å². The summed E-state index contributed by atoms with van der Waals surface area (Å²) in [5.41, 5.74) is 0. The normalized spacial score (nSPS) is 33.0. The minimum atomic E-state index is -2.44. The van der Waals surface area contributed by atoms with Crippen molar-refractivity contribution in [3.63, 3.8) is 0 Å². The van der Waals surface area contributed by atoms with Crippen LogP contribution in [0, 0.1) is 0 Å². The van der Waals surface area contributed by atoms with Gasteiger partial charge in [-0.25, -0.2) is 8.78 Å². The lowest BCUT2D eigenvalue weighted by atomic mass is 10.2.